The van der Waals surface area contributed by atoms with Gasteiger partial charge in [-0.25, -0.2) is 4.79 Å². The van der Waals surface area contributed by atoms with Crippen molar-refractivity contribution in [2.24, 2.45) is 5.92 Å². The van der Waals surface area contributed by atoms with Gasteiger partial charge in [0.05, 0.1) is 5.56 Å². The molecule has 7 heteroatoms. The van der Waals surface area contributed by atoms with Gasteiger partial charge in [0, 0.05) is 23.6 Å². The molecule has 0 spiro atoms. The zero-order chi connectivity index (χ0) is 19.1. The molecule has 1 aromatic heterocycles. The van der Waals surface area contributed by atoms with Crippen LogP contribution in [0.15, 0.2) is 48.8 Å². The average Bonchev–Trinajstić information content (AvgIpc) is 2.66. The van der Waals surface area contributed by atoms with Crippen molar-refractivity contribution in [3.63, 3.8) is 0 Å². The van der Waals surface area contributed by atoms with Gasteiger partial charge in [0.2, 0.25) is 0 Å². The van der Waals surface area contributed by atoms with E-state index < -0.39 is 17.9 Å². The number of carboxylic acids is 1. The number of carbonyl (C=O) groups excluding carboxylic acids is 2. The molecule has 0 bridgehead atoms. The van der Waals surface area contributed by atoms with Gasteiger partial charge in [-0.1, -0.05) is 26.3 Å². The molecule has 2 aromatic rings. The summed E-state index contributed by atoms with van der Waals surface area (Å²) in [7, 11) is 0. The summed E-state index contributed by atoms with van der Waals surface area (Å²) in [5, 5.41) is 14.5. The van der Waals surface area contributed by atoms with Crippen molar-refractivity contribution in [3.05, 3.63) is 59.9 Å². The van der Waals surface area contributed by atoms with E-state index in [9.17, 15) is 19.5 Å². The van der Waals surface area contributed by atoms with Crippen LogP contribution in [0.4, 0.5) is 5.69 Å². The van der Waals surface area contributed by atoms with Gasteiger partial charge >= 0.3 is 5.97 Å². The Morgan fingerprint density at radius 2 is 1.85 bits per heavy atom. The smallest absolute Gasteiger partial charge is 0.326 e. The SMILES string of the molecule is CCC(C)C(NC(=O)c1cccc(NC(=O)c2cccnc2)c1)C(=O)O. The first kappa shape index (κ1) is 19.1. The molecule has 2 unspecified atom stereocenters. The fourth-order valence-electron chi connectivity index (χ4n) is 2.35. The predicted molar refractivity (Wildman–Crippen MR) is 97.0 cm³/mol. The third-order valence-electron chi connectivity index (χ3n) is 4.07. The van der Waals surface area contributed by atoms with E-state index in [0.717, 1.165) is 0 Å². The van der Waals surface area contributed by atoms with E-state index in [2.05, 4.69) is 15.6 Å². The van der Waals surface area contributed by atoms with Gasteiger partial charge in [-0.05, 0) is 36.2 Å². The highest BCUT2D eigenvalue weighted by molar-refractivity contribution is 6.05. The summed E-state index contributed by atoms with van der Waals surface area (Å²) in [5.41, 5.74) is 1.09. The summed E-state index contributed by atoms with van der Waals surface area (Å²) in [4.78, 5) is 39.8. The van der Waals surface area contributed by atoms with E-state index in [0.29, 0.717) is 17.7 Å². The van der Waals surface area contributed by atoms with Gasteiger partial charge in [0.25, 0.3) is 11.8 Å². The number of pyridine rings is 1. The lowest BCUT2D eigenvalue weighted by Gasteiger charge is -2.20. The third-order valence-corrected chi connectivity index (χ3v) is 4.07. The molecule has 1 aromatic carbocycles. The topological polar surface area (TPSA) is 108 Å². The maximum absolute atomic E-state index is 12.4. The number of anilines is 1. The van der Waals surface area contributed by atoms with Gasteiger partial charge in [-0.15, -0.1) is 0 Å². The fraction of sp³-hybridized carbons (Fsp3) is 0.263. The quantitative estimate of drug-likeness (QED) is 0.707. The van der Waals surface area contributed by atoms with Crippen LogP contribution in [0.2, 0.25) is 0 Å². The van der Waals surface area contributed by atoms with Crippen molar-refractivity contribution >= 4 is 23.5 Å². The van der Waals surface area contributed by atoms with Gasteiger partial charge in [0.15, 0.2) is 0 Å². The molecule has 2 amide bonds. The minimum Gasteiger partial charge on any atom is -0.480 e. The molecule has 136 valence electrons. The summed E-state index contributed by atoms with van der Waals surface area (Å²) in [5.74, 6) is -2.13. The molecule has 0 aliphatic rings. The molecule has 0 saturated heterocycles. The van der Waals surface area contributed by atoms with Crippen molar-refractivity contribution in [1.82, 2.24) is 10.3 Å². The van der Waals surface area contributed by atoms with Crippen LogP contribution in [0.3, 0.4) is 0 Å². The zero-order valence-corrected chi connectivity index (χ0v) is 14.6. The molecule has 2 rings (SSSR count). The van der Waals surface area contributed by atoms with Crippen LogP contribution in [0, 0.1) is 5.92 Å². The Morgan fingerprint density at radius 1 is 1.12 bits per heavy atom. The summed E-state index contributed by atoms with van der Waals surface area (Å²) >= 11 is 0. The second-order valence-corrected chi connectivity index (χ2v) is 5.95. The Bertz CT molecular complexity index is 792. The Morgan fingerprint density at radius 3 is 2.46 bits per heavy atom. The lowest BCUT2D eigenvalue weighted by molar-refractivity contribution is -0.140. The number of nitrogens with one attached hydrogen (secondary N) is 2. The van der Waals surface area contributed by atoms with E-state index in [1.165, 1.54) is 12.3 Å². The monoisotopic (exact) mass is 355 g/mol. The van der Waals surface area contributed by atoms with Crippen LogP contribution in [-0.4, -0.2) is 33.9 Å². The highest BCUT2D eigenvalue weighted by atomic mass is 16.4. The highest BCUT2D eigenvalue weighted by Gasteiger charge is 2.25. The van der Waals surface area contributed by atoms with Crippen LogP contribution in [0.25, 0.3) is 0 Å². The van der Waals surface area contributed by atoms with Crippen molar-refractivity contribution in [2.75, 3.05) is 5.32 Å². The maximum Gasteiger partial charge on any atom is 0.326 e. The maximum atomic E-state index is 12.4. The second kappa shape index (κ2) is 8.75. The average molecular weight is 355 g/mol. The van der Waals surface area contributed by atoms with Crippen LogP contribution in [0.1, 0.15) is 41.0 Å². The molecule has 0 aliphatic heterocycles. The molecular weight excluding hydrogens is 334 g/mol. The number of aromatic nitrogens is 1. The number of aliphatic carboxylic acids is 1. The lowest BCUT2D eigenvalue weighted by atomic mass is 9.99. The first-order chi connectivity index (χ1) is 12.4. The number of benzene rings is 1. The normalized spacial score (nSPS) is 12.7. The van der Waals surface area contributed by atoms with Gasteiger partial charge < -0.3 is 15.7 Å². The van der Waals surface area contributed by atoms with Gasteiger partial charge in [0.1, 0.15) is 6.04 Å². The number of carboxylic acid groups (broad SMARTS) is 1. The first-order valence-electron chi connectivity index (χ1n) is 8.27. The van der Waals surface area contributed by atoms with Crippen LogP contribution in [-0.2, 0) is 4.79 Å². The molecule has 3 N–H and O–H groups in total. The van der Waals surface area contributed by atoms with E-state index in [1.54, 1.807) is 43.5 Å². The lowest BCUT2D eigenvalue weighted by Crippen LogP contribution is -2.45. The summed E-state index contributed by atoms with van der Waals surface area (Å²) in [6, 6.07) is 8.63. The molecule has 1 heterocycles. The summed E-state index contributed by atoms with van der Waals surface area (Å²) in [6.45, 7) is 3.63. The van der Waals surface area contributed by atoms with Crippen LogP contribution < -0.4 is 10.6 Å². The number of carbonyl (C=O) groups is 3. The molecule has 0 aliphatic carbocycles. The van der Waals surface area contributed by atoms with Crippen molar-refractivity contribution in [1.29, 1.82) is 0 Å². The molecular formula is C19H21N3O4. The standard InChI is InChI=1S/C19H21N3O4/c1-3-12(2)16(19(25)26)22-17(23)13-6-4-8-15(10-13)21-18(24)14-7-5-9-20-11-14/h4-12,16H,3H2,1-2H3,(H,21,24)(H,22,23)(H,25,26). The Kier molecular flexibility index (Phi) is 6.43. The first-order valence-corrected chi connectivity index (χ1v) is 8.27. The Balaban J connectivity index is 2.11. The molecule has 0 saturated carbocycles. The number of amides is 2. The minimum absolute atomic E-state index is 0.204. The second-order valence-electron chi connectivity index (χ2n) is 5.95. The molecule has 0 radical (unpaired) electrons. The Labute approximate surface area is 151 Å². The number of hydrogen-bond acceptors (Lipinski definition) is 4. The van der Waals surface area contributed by atoms with Crippen molar-refractivity contribution in [2.45, 2.75) is 26.3 Å². The van der Waals surface area contributed by atoms with Gasteiger partial charge in [-0.2, -0.15) is 0 Å². The van der Waals surface area contributed by atoms with E-state index in [-0.39, 0.29) is 17.4 Å². The van der Waals surface area contributed by atoms with Crippen LogP contribution in [0.5, 0.6) is 0 Å². The number of rotatable bonds is 7. The molecule has 26 heavy (non-hydrogen) atoms. The minimum atomic E-state index is -1.08. The highest BCUT2D eigenvalue weighted by Crippen LogP contribution is 2.14. The van der Waals surface area contributed by atoms with Crippen LogP contribution >= 0.6 is 0 Å². The van der Waals surface area contributed by atoms with Gasteiger partial charge in [-0.3, -0.25) is 14.6 Å². The largest absolute Gasteiger partial charge is 0.480 e. The molecule has 7 nitrogen and oxygen atoms in total. The Hall–Kier alpha value is -3.22. The van der Waals surface area contributed by atoms with E-state index in [1.807, 2.05) is 6.92 Å². The summed E-state index contributed by atoms with van der Waals surface area (Å²) in [6.07, 6.45) is 3.63. The number of nitrogens with zero attached hydrogens (tertiary/aromatic N) is 1. The summed E-state index contributed by atoms with van der Waals surface area (Å²) < 4.78 is 0. The van der Waals surface area contributed by atoms with E-state index >= 15 is 0 Å². The number of hydrogen-bond donors (Lipinski definition) is 3. The molecule has 0 fully saturated rings. The third kappa shape index (κ3) is 4.89. The molecule has 2 atom stereocenters. The van der Waals surface area contributed by atoms with Crippen molar-refractivity contribution < 1.29 is 19.5 Å². The fourth-order valence-corrected chi connectivity index (χ4v) is 2.35. The predicted octanol–water partition coefficient (Wildman–Crippen LogP) is 2.56. The zero-order valence-electron chi connectivity index (χ0n) is 14.6. The van der Waals surface area contributed by atoms with E-state index in [4.69, 9.17) is 0 Å². The van der Waals surface area contributed by atoms with Crippen molar-refractivity contribution in [3.8, 4) is 0 Å².